The summed E-state index contributed by atoms with van der Waals surface area (Å²) in [6.07, 6.45) is 2.74. The number of nitrogens with zero attached hydrogens (tertiary/aromatic N) is 4. The number of aryl methyl sites for hydroxylation is 2. The van der Waals surface area contributed by atoms with Gasteiger partial charge in [-0.05, 0) is 63.5 Å². The minimum atomic E-state index is -0.313. The van der Waals surface area contributed by atoms with Crippen molar-refractivity contribution in [1.82, 2.24) is 9.55 Å². The van der Waals surface area contributed by atoms with Crippen LogP contribution in [0.2, 0.25) is 0 Å². The average Bonchev–Trinajstić information content (AvgIpc) is 3.24. The van der Waals surface area contributed by atoms with Gasteiger partial charge in [0.1, 0.15) is 11.6 Å². The van der Waals surface area contributed by atoms with Crippen molar-refractivity contribution >= 4 is 38.7 Å². The number of para-hydroxylation sites is 1. The van der Waals surface area contributed by atoms with E-state index in [2.05, 4.69) is 29.5 Å². The molecule has 0 atom stereocenters. The summed E-state index contributed by atoms with van der Waals surface area (Å²) >= 11 is 1.48. The summed E-state index contributed by atoms with van der Waals surface area (Å²) in [5.41, 5.74) is 5.23. The molecule has 1 amide bonds. The van der Waals surface area contributed by atoms with Gasteiger partial charge in [-0.3, -0.25) is 9.69 Å². The first-order valence-electron chi connectivity index (χ1n) is 9.87. The molecular weight excluding hydrogens is 380 g/mol. The average molecular weight is 407 g/mol. The zero-order chi connectivity index (χ0) is 21.1. The number of carbonyl (C=O) groups excluding carboxylic acids is 1. The summed E-state index contributed by atoms with van der Waals surface area (Å²) in [5, 5.41) is 10.3. The number of nitriles is 1. The number of carbonyl (C=O) groups is 1. The van der Waals surface area contributed by atoms with Crippen molar-refractivity contribution in [2.45, 2.75) is 47.6 Å². The number of amides is 1. The molecule has 0 aliphatic rings. The Bertz CT molecular complexity index is 1130. The van der Waals surface area contributed by atoms with Gasteiger partial charge in [-0.25, -0.2) is 4.98 Å². The zero-order valence-electron chi connectivity index (χ0n) is 17.6. The number of likely N-dealkylation sites (N-methyl/N-ethyl adjacent to an activating group) is 1. The summed E-state index contributed by atoms with van der Waals surface area (Å²) in [6.45, 7) is 11.5. The molecule has 0 spiro atoms. The summed E-state index contributed by atoms with van der Waals surface area (Å²) < 4.78 is 3.26. The Balaban J connectivity index is 1.99. The molecular formula is C23H26N4OS. The molecule has 0 aliphatic heterocycles. The first-order valence-corrected chi connectivity index (χ1v) is 10.7. The van der Waals surface area contributed by atoms with Gasteiger partial charge in [-0.2, -0.15) is 5.26 Å². The lowest BCUT2D eigenvalue weighted by molar-refractivity contribution is -0.114. The number of hydrogen-bond acceptors (Lipinski definition) is 4. The highest BCUT2D eigenvalue weighted by atomic mass is 32.1. The van der Waals surface area contributed by atoms with Gasteiger partial charge in [-0.15, -0.1) is 0 Å². The SMILES string of the molecule is CCCn1c(C)cc(C=C(C#N)C(=O)N(CC)c2nc3c(C)cccc3s2)c1C. The third kappa shape index (κ3) is 3.96. The fraction of sp³-hybridized carbons (Fsp3) is 0.348. The molecule has 5 nitrogen and oxygen atoms in total. The van der Waals surface area contributed by atoms with Crippen LogP contribution in [-0.2, 0) is 11.3 Å². The lowest BCUT2D eigenvalue weighted by Gasteiger charge is -2.17. The van der Waals surface area contributed by atoms with Gasteiger partial charge in [0.2, 0.25) is 0 Å². The molecule has 0 aliphatic carbocycles. The summed E-state index contributed by atoms with van der Waals surface area (Å²) in [4.78, 5) is 19.5. The molecule has 3 aromatic rings. The Morgan fingerprint density at radius 2 is 2.07 bits per heavy atom. The Kier molecular flexibility index (Phi) is 6.19. The van der Waals surface area contributed by atoms with Gasteiger partial charge < -0.3 is 4.57 Å². The smallest absolute Gasteiger partial charge is 0.270 e. The van der Waals surface area contributed by atoms with Gasteiger partial charge in [0.05, 0.1) is 10.2 Å². The minimum Gasteiger partial charge on any atom is -0.349 e. The van der Waals surface area contributed by atoms with Gasteiger partial charge in [0, 0.05) is 24.5 Å². The second-order valence-electron chi connectivity index (χ2n) is 7.12. The van der Waals surface area contributed by atoms with Crippen molar-refractivity contribution in [1.29, 1.82) is 5.26 Å². The van der Waals surface area contributed by atoms with Crippen LogP contribution in [0, 0.1) is 32.1 Å². The number of anilines is 1. The first kappa shape index (κ1) is 20.8. The zero-order valence-corrected chi connectivity index (χ0v) is 18.4. The summed E-state index contributed by atoms with van der Waals surface area (Å²) in [6, 6.07) is 10.1. The molecule has 3 rings (SSSR count). The van der Waals surface area contributed by atoms with E-state index in [1.807, 2.05) is 45.0 Å². The molecule has 0 unspecified atom stereocenters. The van der Waals surface area contributed by atoms with E-state index in [0.29, 0.717) is 11.7 Å². The highest BCUT2D eigenvalue weighted by molar-refractivity contribution is 7.22. The molecule has 150 valence electrons. The van der Waals surface area contributed by atoms with Crippen molar-refractivity contribution in [2.24, 2.45) is 0 Å². The predicted octanol–water partition coefficient (Wildman–Crippen LogP) is 5.39. The van der Waals surface area contributed by atoms with E-state index >= 15 is 0 Å². The van der Waals surface area contributed by atoms with Crippen molar-refractivity contribution in [3.05, 3.63) is 52.4 Å². The summed E-state index contributed by atoms with van der Waals surface area (Å²) in [7, 11) is 0. The van der Waals surface area contributed by atoms with Crippen LogP contribution in [0.1, 0.15) is 42.8 Å². The third-order valence-corrected chi connectivity index (χ3v) is 6.16. The van der Waals surface area contributed by atoms with Crippen LogP contribution >= 0.6 is 11.3 Å². The van der Waals surface area contributed by atoms with Gasteiger partial charge in [0.25, 0.3) is 5.91 Å². The van der Waals surface area contributed by atoms with Gasteiger partial charge in [-0.1, -0.05) is 30.4 Å². The first-order chi connectivity index (χ1) is 13.9. The van der Waals surface area contributed by atoms with Crippen LogP contribution in [0.3, 0.4) is 0 Å². The van der Waals surface area contributed by atoms with E-state index in [1.54, 1.807) is 11.0 Å². The van der Waals surface area contributed by atoms with Crippen molar-refractivity contribution in [2.75, 3.05) is 11.4 Å². The standard InChI is InChI=1S/C23H26N4OS/c1-6-11-27-16(4)12-18(17(27)5)13-19(14-24)22(28)26(7-2)23-25-21-15(3)9-8-10-20(21)29-23/h8-10,12-13H,6-7,11H2,1-5H3. The highest BCUT2D eigenvalue weighted by Gasteiger charge is 2.23. The molecule has 29 heavy (non-hydrogen) atoms. The van der Waals surface area contributed by atoms with Crippen LogP contribution in [-0.4, -0.2) is 22.0 Å². The number of thiazole rings is 1. The van der Waals surface area contributed by atoms with E-state index in [0.717, 1.165) is 45.7 Å². The van der Waals surface area contributed by atoms with E-state index < -0.39 is 0 Å². The van der Waals surface area contributed by atoms with Gasteiger partial charge >= 0.3 is 0 Å². The van der Waals surface area contributed by atoms with Gasteiger partial charge in [0.15, 0.2) is 5.13 Å². The van der Waals surface area contributed by atoms with E-state index in [4.69, 9.17) is 0 Å². The van der Waals surface area contributed by atoms with Crippen molar-refractivity contribution in [3.63, 3.8) is 0 Å². The maximum atomic E-state index is 13.2. The van der Waals surface area contributed by atoms with Crippen LogP contribution in [0.5, 0.6) is 0 Å². The largest absolute Gasteiger partial charge is 0.349 e. The van der Waals surface area contributed by atoms with Crippen LogP contribution < -0.4 is 4.90 Å². The molecule has 0 fully saturated rings. The minimum absolute atomic E-state index is 0.125. The molecule has 2 heterocycles. The Hall–Kier alpha value is -2.91. The lowest BCUT2D eigenvalue weighted by Crippen LogP contribution is -2.31. The van der Waals surface area contributed by atoms with Crippen LogP contribution in [0.15, 0.2) is 29.8 Å². The maximum Gasteiger partial charge on any atom is 0.270 e. The molecule has 0 bridgehead atoms. The fourth-order valence-corrected chi connectivity index (χ4v) is 4.65. The number of fused-ring (bicyclic) bond motifs is 1. The van der Waals surface area contributed by atoms with Crippen molar-refractivity contribution < 1.29 is 4.79 Å². The quantitative estimate of drug-likeness (QED) is 0.407. The number of benzene rings is 1. The number of rotatable bonds is 6. The molecule has 0 saturated heterocycles. The molecule has 0 saturated carbocycles. The molecule has 0 radical (unpaired) electrons. The third-order valence-electron chi connectivity index (χ3n) is 5.11. The van der Waals surface area contributed by atoms with Crippen LogP contribution in [0.4, 0.5) is 5.13 Å². The predicted molar refractivity (Wildman–Crippen MR) is 120 cm³/mol. The Labute approximate surface area is 175 Å². The molecule has 6 heteroatoms. The second kappa shape index (κ2) is 8.62. The highest BCUT2D eigenvalue weighted by Crippen LogP contribution is 2.31. The second-order valence-corrected chi connectivity index (χ2v) is 8.12. The number of hydrogen-bond donors (Lipinski definition) is 0. The van der Waals surface area contributed by atoms with E-state index in [9.17, 15) is 10.1 Å². The Morgan fingerprint density at radius 3 is 2.69 bits per heavy atom. The Morgan fingerprint density at radius 1 is 1.31 bits per heavy atom. The van der Waals surface area contributed by atoms with Crippen LogP contribution in [0.25, 0.3) is 16.3 Å². The van der Waals surface area contributed by atoms with Crippen molar-refractivity contribution in [3.8, 4) is 6.07 Å². The molecule has 2 aromatic heterocycles. The maximum absolute atomic E-state index is 13.2. The summed E-state index contributed by atoms with van der Waals surface area (Å²) in [5.74, 6) is -0.313. The van der Waals surface area contributed by atoms with E-state index in [-0.39, 0.29) is 11.5 Å². The number of aromatic nitrogens is 2. The topological polar surface area (TPSA) is 61.9 Å². The fourth-order valence-electron chi connectivity index (χ4n) is 3.54. The monoisotopic (exact) mass is 406 g/mol. The normalized spacial score (nSPS) is 11.7. The van der Waals surface area contributed by atoms with E-state index in [1.165, 1.54) is 11.3 Å². The lowest BCUT2D eigenvalue weighted by atomic mass is 10.1. The molecule has 0 N–H and O–H groups in total. The molecule has 1 aromatic carbocycles.